The smallest absolute Gasteiger partial charge is 0.199 e. The summed E-state index contributed by atoms with van der Waals surface area (Å²) in [6.07, 6.45) is 0. The quantitative estimate of drug-likeness (QED) is 0.435. The number of rotatable bonds is 5. The Morgan fingerprint density at radius 2 is 0.900 bits per heavy atom. The average molecular weight is 530 g/mol. The van der Waals surface area contributed by atoms with Crippen LogP contribution in [0.2, 0.25) is 0 Å². The van der Waals surface area contributed by atoms with E-state index in [9.17, 15) is 0 Å². The van der Waals surface area contributed by atoms with Crippen LogP contribution in [0.5, 0.6) is 11.5 Å². The highest BCUT2D eigenvalue weighted by atomic mass is 79.9. The minimum Gasteiger partial charge on any atom is -0.474 e. The molecular weight excluding hydrogens is 520 g/mol. The fourth-order valence-electron chi connectivity index (χ4n) is 1.39. The van der Waals surface area contributed by atoms with E-state index in [0.717, 1.165) is 20.4 Å². The lowest BCUT2D eigenvalue weighted by Crippen LogP contribution is -2.26. The number of alkyl halides is 2. The molecule has 2 atom stereocenters. The first-order valence-electron chi connectivity index (χ1n) is 5.67. The maximum Gasteiger partial charge on any atom is 0.199 e. The third-order valence-electron chi connectivity index (χ3n) is 2.33. The predicted octanol–water partition coefficient (Wildman–Crippen LogP) is 6.11. The standard InChI is InChI=1S/C14H10Br4O2/c15-9-1-5-11(6-2-9)19-13(17)14(18)20-12-7-3-10(16)4-8-12/h1-8,13-14H/t13-,14+. The van der Waals surface area contributed by atoms with Gasteiger partial charge in [0.15, 0.2) is 10.0 Å². The molecule has 0 radical (unpaired) electrons. The number of benzene rings is 2. The van der Waals surface area contributed by atoms with E-state index in [0.29, 0.717) is 0 Å². The fourth-order valence-corrected chi connectivity index (χ4v) is 2.57. The number of halogens is 4. The largest absolute Gasteiger partial charge is 0.474 e. The highest BCUT2D eigenvalue weighted by molar-refractivity contribution is 9.12. The van der Waals surface area contributed by atoms with E-state index < -0.39 is 0 Å². The van der Waals surface area contributed by atoms with Crippen molar-refractivity contribution in [1.82, 2.24) is 0 Å². The Kier molecular flexibility index (Phi) is 6.39. The summed E-state index contributed by atoms with van der Waals surface area (Å²) >= 11 is 13.7. The highest BCUT2D eigenvalue weighted by Crippen LogP contribution is 2.25. The Labute approximate surface area is 151 Å². The Hall–Kier alpha value is -0.0400. The number of hydrogen-bond acceptors (Lipinski definition) is 2. The molecule has 6 heteroatoms. The van der Waals surface area contributed by atoms with E-state index in [1.165, 1.54) is 0 Å². The van der Waals surface area contributed by atoms with Gasteiger partial charge in [0.25, 0.3) is 0 Å². The lowest BCUT2D eigenvalue weighted by Gasteiger charge is -2.20. The lowest BCUT2D eigenvalue weighted by molar-refractivity contribution is 0.178. The summed E-state index contributed by atoms with van der Waals surface area (Å²) in [6.45, 7) is 0. The van der Waals surface area contributed by atoms with Crippen LogP contribution in [0.1, 0.15) is 0 Å². The van der Waals surface area contributed by atoms with Crippen molar-refractivity contribution in [1.29, 1.82) is 0 Å². The minimum absolute atomic E-state index is 0.313. The number of hydrogen-bond donors (Lipinski definition) is 0. The first-order chi connectivity index (χ1) is 9.54. The highest BCUT2D eigenvalue weighted by Gasteiger charge is 2.19. The van der Waals surface area contributed by atoms with Crippen molar-refractivity contribution in [3.05, 3.63) is 57.5 Å². The molecule has 0 N–H and O–H groups in total. The zero-order valence-corrected chi connectivity index (χ0v) is 16.4. The van der Waals surface area contributed by atoms with Crippen molar-refractivity contribution >= 4 is 63.7 Å². The molecule has 0 heterocycles. The Balaban J connectivity index is 1.93. The molecule has 2 nitrogen and oxygen atoms in total. The van der Waals surface area contributed by atoms with Crippen LogP contribution in [0.4, 0.5) is 0 Å². The molecule has 0 saturated heterocycles. The van der Waals surface area contributed by atoms with Crippen molar-refractivity contribution in [2.24, 2.45) is 0 Å². The Bertz CT molecular complexity index is 491. The monoisotopic (exact) mass is 526 g/mol. The van der Waals surface area contributed by atoms with E-state index in [4.69, 9.17) is 9.47 Å². The van der Waals surface area contributed by atoms with Crippen LogP contribution in [-0.4, -0.2) is 10.0 Å². The van der Waals surface area contributed by atoms with Gasteiger partial charge in [-0.05, 0) is 80.4 Å². The Morgan fingerprint density at radius 3 is 1.20 bits per heavy atom. The molecule has 0 fully saturated rings. The maximum atomic E-state index is 5.74. The molecular formula is C14H10Br4O2. The molecule has 0 aliphatic rings. The summed E-state index contributed by atoms with van der Waals surface area (Å²) in [7, 11) is 0. The van der Waals surface area contributed by atoms with E-state index in [1.807, 2.05) is 48.5 Å². The molecule has 2 aromatic rings. The Morgan fingerprint density at radius 1 is 0.600 bits per heavy atom. The van der Waals surface area contributed by atoms with Crippen molar-refractivity contribution in [3.63, 3.8) is 0 Å². The maximum absolute atomic E-state index is 5.74. The summed E-state index contributed by atoms with van der Waals surface area (Å²) in [4.78, 5) is 0. The van der Waals surface area contributed by atoms with Crippen LogP contribution < -0.4 is 9.47 Å². The van der Waals surface area contributed by atoms with Gasteiger partial charge in [0.1, 0.15) is 11.5 Å². The first kappa shape index (κ1) is 16.3. The SMILES string of the molecule is Brc1ccc(O[C@@H](Br)[C@@H](Br)Oc2ccc(Br)cc2)cc1. The van der Waals surface area contributed by atoms with Gasteiger partial charge in [-0.15, -0.1) is 0 Å². The molecule has 0 saturated carbocycles. The predicted molar refractivity (Wildman–Crippen MR) is 95.0 cm³/mol. The van der Waals surface area contributed by atoms with Gasteiger partial charge in [0.2, 0.25) is 0 Å². The molecule has 2 aromatic carbocycles. The molecule has 0 aliphatic carbocycles. The zero-order chi connectivity index (χ0) is 14.5. The molecule has 20 heavy (non-hydrogen) atoms. The third kappa shape index (κ3) is 5.06. The number of ether oxygens (including phenoxy) is 2. The summed E-state index contributed by atoms with van der Waals surface area (Å²) in [6, 6.07) is 15.2. The topological polar surface area (TPSA) is 18.5 Å². The summed E-state index contributed by atoms with van der Waals surface area (Å²) in [5.41, 5.74) is 0. The van der Waals surface area contributed by atoms with Crippen LogP contribution >= 0.6 is 63.7 Å². The molecule has 0 aromatic heterocycles. The first-order valence-corrected chi connectivity index (χ1v) is 9.09. The molecule has 0 aliphatic heterocycles. The van der Waals surface area contributed by atoms with Crippen LogP contribution in [0.3, 0.4) is 0 Å². The van der Waals surface area contributed by atoms with Gasteiger partial charge in [-0.2, -0.15) is 0 Å². The van der Waals surface area contributed by atoms with Gasteiger partial charge in [-0.3, -0.25) is 0 Å². The second-order valence-electron chi connectivity index (χ2n) is 3.85. The van der Waals surface area contributed by atoms with E-state index >= 15 is 0 Å². The second-order valence-corrected chi connectivity index (χ2v) is 7.48. The van der Waals surface area contributed by atoms with E-state index in [1.54, 1.807) is 0 Å². The molecule has 0 amide bonds. The van der Waals surface area contributed by atoms with Gasteiger partial charge in [-0.1, -0.05) is 31.9 Å². The van der Waals surface area contributed by atoms with Crippen molar-refractivity contribution in [2.75, 3.05) is 0 Å². The van der Waals surface area contributed by atoms with Crippen LogP contribution in [-0.2, 0) is 0 Å². The van der Waals surface area contributed by atoms with E-state index in [2.05, 4.69) is 63.7 Å². The molecule has 0 unspecified atom stereocenters. The van der Waals surface area contributed by atoms with Crippen LogP contribution in [0.25, 0.3) is 0 Å². The minimum atomic E-state index is -0.313. The molecule has 0 spiro atoms. The van der Waals surface area contributed by atoms with Crippen LogP contribution in [0, 0.1) is 0 Å². The van der Waals surface area contributed by atoms with Gasteiger partial charge in [0, 0.05) is 8.95 Å². The summed E-state index contributed by atoms with van der Waals surface area (Å²) < 4.78 is 13.5. The van der Waals surface area contributed by atoms with Crippen molar-refractivity contribution in [2.45, 2.75) is 10.0 Å². The summed E-state index contributed by atoms with van der Waals surface area (Å²) in [5, 5.41) is -0.625. The van der Waals surface area contributed by atoms with E-state index in [-0.39, 0.29) is 10.0 Å². The van der Waals surface area contributed by atoms with Gasteiger partial charge >= 0.3 is 0 Å². The van der Waals surface area contributed by atoms with Gasteiger partial charge < -0.3 is 9.47 Å². The van der Waals surface area contributed by atoms with Crippen molar-refractivity contribution < 1.29 is 9.47 Å². The fraction of sp³-hybridized carbons (Fsp3) is 0.143. The third-order valence-corrected chi connectivity index (χ3v) is 5.43. The molecule has 0 bridgehead atoms. The second kappa shape index (κ2) is 7.82. The lowest BCUT2D eigenvalue weighted by atomic mass is 10.3. The average Bonchev–Trinajstić information content (AvgIpc) is 2.44. The van der Waals surface area contributed by atoms with Crippen molar-refractivity contribution in [3.8, 4) is 11.5 Å². The van der Waals surface area contributed by atoms with Gasteiger partial charge in [-0.25, -0.2) is 0 Å². The van der Waals surface area contributed by atoms with Gasteiger partial charge in [0.05, 0.1) is 0 Å². The molecule has 2 rings (SSSR count). The molecule has 106 valence electrons. The zero-order valence-electron chi connectivity index (χ0n) is 10.1. The normalized spacial score (nSPS) is 13.6. The summed E-state index contributed by atoms with van der Waals surface area (Å²) in [5.74, 6) is 1.53. The van der Waals surface area contributed by atoms with Crippen LogP contribution in [0.15, 0.2) is 57.5 Å².